The smallest absolute Gasteiger partial charge is 0.153 e. The van der Waals surface area contributed by atoms with E-state index >= 15 is 0 Å². The second kappa shape index (κ2) is 5.78. The maximum atomic E-state index is 5.70. The Balaban J connectivity index is 2.54. The van der Waals surface area contributed by atoms with Gasteiger partial charge in [0.2, 0.25) is 0 Å². The standard InChI is InChI=1S/C14H20N4/c1-3-12-11(8-9-15)13(4-2)18(17-12)14-7-5-6-10-16-14/h5-7,10H,3-4,8-9,15H2,1-2H3. The summed E-state index contributed by atoms with van der Waals surface area (Å²) in [6, 6.07) is 5.88. The first-order chi connectivity index (χ1) is 8.81. The molecule has 0 radical (unpaired) electrons. The fourth-order valence-electron chi connectivity index (χ4n) is 2.28. The van der Waals surface area contributed by atoms with E-state index in [0.29, 0.717) is 6.54 Å². The van der Waals surface area contributed by atoms with E-state index in [1.165, 1.54) is 11.3 Å². The van der Waals surface area contributed by atoms with Gasteiger partial charge in [0.25, 0.3) is 0 Å². The Hall–Kier alpha value is -1.68. The molecule has 0 aromatic carbocycles. The van der Waals surface area contributed by atoms with Crippen molar-refractivity contribution in [2.45, 2.75) is 33.1 Å². The molecule has 4 nitrogen and oxygen atoms in total. The van der Waals surface area contributed by atoms with Crippen LogP contribution in [0.2, 0.25) is 0 Å². The summed E-state index contributed by atoms with van der Waals surface area (Å²) in [7, 11) is 0. The molecule has 96 valence electrons. The first-order valence-electron chi connectivity index (χ1n) is 6.52. The summed E-state index contributed by atoms with van der Waals surface area (Å²) in [6.07, 6.45) is 4.56. The summed E-state index contributed by atoms with van der Waals surface area (Å²) in [5, 5.41) is 4.69. The van der Waals surface area contributed by atoms with E-state index < -0.39 is 0 Å². The highest BCUT2D eigenvalue weighted by molar-refractivity contribution is 5.34. The zero-order valence-electron chi connectivity index (χ0n) is 11.1. The van der Waals surface area contributed by atoms with Crippen LogP contribution in [0.25, 0.3) is 5.82 Å². The summed E-state index contributed by atoms with van der Waals surface area (Å²) in [4.78, 5) is 4.38. The van der Waals surface area contributed by atoms with Crippen molar-refractivity contribution in [2.75, 3.05) is 6.54 Å². The van der Waals surface area contributed by atoms with Gasteiger partial charge >= 0.3 is 0 Å². The average Bonchev–Trinajstić information content (AvgIpc) is 2.78. The zero-order chi connectivity index (χ0) is 13.0. The van der Waals surface area contributed by atoms with Crippen molar-refractivity contribution in [3.8, 4) is 5.82 Å². The molecule has 2 aromatic rings. The molecule has 0 unspecified atom stereocenters. The van der Waals surface area contributed by atoms with Gasteiger partial charge in [0.05, 0.1) is 5.69 Å². The molecule has 4 heteroatoms. The third-order valence-corrected chi connectivity index (χ3v) is 3.10. The predicted molar refractivity (Wildman–Crippen MR) is 72.9 cm³/mol. The minimum Gasteiger partial charge on any atom is -0.330 e. The first-order valence-corrected chi connectivity index (χ1v) is 6.52. The molecule has 2 N–H and O–H groups in total. The lowest BCUT2D eigenvalue weighted by Gasteiger charge is -2.06. The second-order valence-electron chi connectivity index (χ2n) is 4.22. The molecule has 0 saturated carbocycles. The van der Waals surface area contributed by atoms with Crippen LogP contribution in [0.1, 0.15) is 30.8 Å². The fraction of sp³-hybridized carbons (Fsp3) is 0.429. The number of aromatic nitrogens is 3. The number of nitrogens with zero attached hydrogens (tertiary/aromatic N) is 3. The molecular formula is C14H20N4. The molecule has 2 heterocycles. The molecule has 0 aliphatic rings. The fourth-order valence-corrected chi connectivity index (χ4v) is 2.28. The highest BCUT2D eigenvalue weighted by Gasteiger charge is 2.16. The SMILES string of the molecule is CCc1nn(-c2ccccn2)c(CC)c1CCN. The van der Waals surface area contributed by atoms with Gasteiger partial charge in [-0.1, -0.05) is 19.9 Å². The van der Waals surface area contributed by atoms with Crippen molar-refractivity contribution < 1.29 is 0 Å². The lowest BCUT2D eigenvalue weighted by atomic mass is 10.1. The Labute approximate surface area is 108 Å². The van der Waals surface area contributed by atoms with E-state index in [4.69, 9.17) is 5.73 Å². The van der Waals surface area contributed by atoms with Crippen molar-refractivity contribution in [3.63, 3.8) is 0 Å². The van der Waals surface area contributed by atoms with E-state index in [0.717, 1.165) is 30.8 Å². The number of rotatable bonds is 5. The van der Waals surface area contributed by atoms with Gasteiger partial charge in [-0.05, 0) is 43.5 Å². The molecule has 18 heavy (non-hydrogen) atoms. The van der Waals surface area contributed by atoms with Crippen LogP contribution in [0.3, 0.4) is 0 Å². The molecule has 0 amide bonds. The van der Waals surface area contributed by atoms with E-state index in [-0.39, 0.29) is 0 Å². The molecule has 2 aromatic heterocycles. The Morgan fingerprint density at radius 2 is 2.06 bits per heavy atom. The highest BCUT2D eigenvalue weighted by atomic mass is 15.3. The Bertz CT molecular complexity index is 502. The van der Waals surface area contributed by atoms with Crippen LogP contribution in [-0.4, -0.2) is 21.3 Å². The van der Waals surface area contributed by atoms with Gasteiger partial charge in [-0.2, -0.15) is 5.10 Å². The molecule has 0 atom stereocenters. The highest BCUT2D eigenvalue weighted by Crippen LogP contribution is 2.19. The van der Waals surface area contributed by atoms with E-state index in [1.54, 1.807) is 6.20 Å². The maximum Gasteiger partial charge on any atom is 0.153 e. The molecule has 0 aliphatic carbocycles. The van der Waals surface area contributed by atoms with Crippen LogP contribution in [-0.2, 0) is 19.3 Å². The van der Waals surface area contributed by atoms with Gasteiger partial charge in [0.15, 0.2) is 5.82 Å². The van der Waals surface area contributed by atoms with Crippen molar-refractivity contribution in [1.82, 2.24) is 14.8 Å². The molecule has 0 aliphatic heterocycles. The number of hydrogen-bond acceptors (Lipinski definition) is 3. The van der Waals surface area contributed by atoms with Crippen LogP contribution in [0.4, 0.5) is 0 Å². The maximum absolute atomic E-state index is 5.70. The van der Waals surface area contributed by atoms with Gasteiger partial charge in [-0.15, -0.1) is 0 Å². The second-order valence-corrected chi connectivity index (χ2v) is 4.22. The summed E-state index contributed by atoms with van der Waals surface area (Å²) in [5.41, 5.74) is 9.38. The number of nitrogens with two attached hydrogens (primary N) is 1. The first kappa shape index (κ1) is 12.8. The van der Waals surface area contributed by atoms with Gasteiger partial charge in [-0.3, -0.25) is 0 Å². The van der Waals surface area contributed by atoms with Gasteiger partial charge in [-0.25, -0.2) is 9.67 Å². The summed E-state index contributed by atoms with van der Waals surface area (Å²) < 4.78 is 1.96. The zero-order valence-corrected chi connectivity index (χ0v) is 11.1. The van der Waals surface area contributed by atoms with Crippen molar-refractivity contribution >= 4 is 0 Å². The normalized spacial score (nSPS) is 10.8. The minimum atomic E-state index is 0.661. The van der Waals surface area contributed by atoms with Crippen LogP contribution < -0.4 is 5.73 Å². The van der Waals surface area contributed by atoms with E-state index in [1.807, 2.05) is 22.9 Å². The molecule has 0 saturated heterocycles. The Kier molecular flexibility index (Phi) is 4.10. The van der Waals surface area contributed by atoms with E-state index in [2.05, 4.69) is 23.9 Å². The summed E-state index contributed by atoms with van der Waals surface area (Å²) in [6.45, 7) is 4.94. The third-order valence-electron chi connectivity index (χ3n) is 3.10. The lowest BCUT2D eigenvalue weighted by Crippen LogP contribution is -2.07. The molecule has 2 rings (SSSR count). The monoisotopic (exact) mass is 244 g/mol. The third kappa shape index (κ3) is 2.29. The van der Waals surface area contributed by atoms with Crippen molar-refractivity contribution in [1.29, 1.82) is 0 Å². The van der Waals surface area contributed by atoms with Gasteiger partial charge in [0, 0.05) is 11.9 Å². The minimum absolute atomic E-state index is 0.661. The van der Waals surface area contributed by atoms with Gasteiger partial charge in [0.1, 0.15) is 0 Å². The summed E-state index contributed by atoms with van der Waals surface area (Å²) in [5.74, 6) is 0.882. The van der Waals surface area contributed by atoms with E-state index in [9.17, 15) is 0 Å². The van der Waals surface area contributed by atoms with Crippen LogP contribution in [0, 0.1) is 0 Å². The lowest BCUT2D eigenvalue weighted by molar-refractivity contribution is 0.771. The molecular weight excluding hydrogens is 224 g/mol. The summed E-state index contributed by atoms with van der Waals surface area (Å²) >= 11 is 0. The van der Waals surface area contributed by atoms with Gasteiger partial charge < -0.3 is 5.73 Å². The quantitative estimate of drug-likeness (QED) is 0.874. The Morgan fingerprint density at radius 1 is 1.22 bits per heavy atom. The topological polar surface area (TPSA) is 56.7 Å². The van der Waals surface area contributed by atoms with Crippen LogP contribution >= 0.6 is 0 Å². The van der Waals surface area contributed by atoms with Crippen LogP contribution in [0.15, 0.2) is 24.4 Å². The Morgan fingerprint density at radius 3 is 2.61 bits per heavy atom. The van der Waals surface area contributed by atoms with Crippen LogP contribution in [0.5, 0.6) is 0 Å². The largest absolute Gasteiger partial charge is 0.330 e. The molecule has 0 fully saturated rings. The van der Waals surface area contributed by atoms with Crippen molar-refractivity contribution in [3.05, 3.63) is 41.3 Å². The number of aryl methyl sites for hydroxylation is 1. The number of pyridine rings is 1. The number of hydrogen-bond donors (Lipinski definition) is 1. The predicted octanol–water partition coefficient (Wildman–Crippen LogP) is 1.89. The average molecular weight is 244 g/mol. The molecule has 0 spiro atoms. The molecule has 0 bridgehead atoms. The van der Waals surface area contributed by atoms with Crippen molar-refractivity contribution in [2.24, 2.45) is 5.73 Å².